The summed E-state index contributed by atoms with van der Waals surface area (Å²) in [7, 11) is 0. The Kier molecular flexibility index (Phi) is 4.62. The molecule has 0 spiro atoms. The number of carbonyl (C=O) groups is 1. The summed E-state index contributed by atoms with van der Waals surface area (Å²) >= 11 is 0. The van der Waals surface area contributed by atoms with Crippen molar-refractivity contribution >= 4 is 5.91 Å². The number of benzene rings is 2. The smallest absolute Gasteiger partial charge is 0.346 e. The lowest BCUT2D eigenvalue weighted by molar-refractivity contribution is -0.122. The van der Waals surface area contributed by atoms with Crippen LogP contribution in [0.3, 0.4) is 0 Å². The van der Waals surface area contributed by atoms with Crippen molar-refractivity contribution in [3.05, 3.63) is 88.1 Å². The van der Waals surface area contributed by atoms with Crippen molar-refractivity contribution in [3.63, 3.8) is 0 Å². The monoisotopic (exact) mass is 362 g/mol. The van der Waals surface area contributed by atoms with Crippen LogP contribution in [0.15, 0.2) is 65.5 Å². The normalized spacial score (nSPS) is 18.3. The van der Waals surface area contributed by atoms with Gasteiger partial charge in [0, 0.05) is 12.0 Å². The highest BCUT2D eigenvalue weighted by molar-refractivity contribution is 5.76. The van der Waals surface area contributed by atoms with Crippen LogP contribution < -0.4 is 11.0 Å². The molecule has 1 N–H and O–H groups in total. The predicted octanol–water partition coefficient (Wildman–Crippen LogP) is 2.07. The first-order valence-electron chi connectivity index (χ1n) is 9.14. The third-order valence-corrected chi connectivity index (χ3v) is 4.95. The Labute approximate surface area is 157 Å². The Morgan fingerprint density at radius 3 is 2.48 bits per heavy atom. The third kappa shape index (κ3) is 3.84. The van der Waals surface area contributed by atoms with Gasteiger partial charge in [-0.15, -0.1) is 0 Å². The van der Waals surface area contributed by atoms with Crippen LogP contribution in [0.1, 0.15) is 29.3 Å². The molecule has 2 atom stereocenters. The van der Waals surface area contributed by atoms with Crippen LogP contribution in [-0.2, 0) is 17.9 Å². The quantitative estimate of drug-likeness (QED) is 0.730. The molecule has 3 aromatic rings. The van der Waals surface area contributed by atoms with Crippen LogP contribution in [0.4, 0.5) is 0 Å². The van der Waals surface area contributed by atoms with Gasteiger partial charge in [-0.25, -0.2) is 9.48 Å². The van der Waals surface area contributed by atoms with Crippen molar-refractivity contribution < 1.29 is 4.79 Å². The SMILES string of the molecule is Cc1nn(CC(=O)NC2CC2c2ccccc2)c(=O)n1Cc1ccccc1. The highest BCUT2D eigenvalue weighted by Gasteiger charge is 2.39. The van der Waals surface area contributed by atoms with E-state index in [9.17, 15) is 9.59 Å². The maximum absolute atomic E-state index is 12.6. The zero-order valence-corrected chi connectivity index (χ0v) is 15.2. The van der Waals surface area contributed by atoms with Gasteiger partial charge >= 0.3 is 5.69 Å². The Morgan fingerprint density at radius 1 is 1.11 bits per heavy atom. The van der Waals surface area contributed by atoms with E-state index in [1.165, 1.54) is 10.2 Å². The van der Waals surface area contributed by atoms with Gasteiger partial charge in [-0.1, -0.05) is 60.7 Å². The molecule has 1 aliphatic carbocycles. The fourth-order valence-electron chi connectivity index (χ4n) is 3.41. The Hall–Kier alpha value is -3.15. The predicted molar refractivity (Wildman–Crippen MR) is 102 cm³/mol. The lowest BCUT2D eigenvalue weighted by atomic mass is 10.1. The maximum Gasteiger partial charge on any atom is 0.346 e. The van der Waals surface area contributed by atoms with Gasteiger partial charge in [0.25, 0.3) is 0 Å². The van der Waals surface area contributed by atoms with E-state index in [0.717, 1.165) is 12.0 Å². The molecule has 1 heterocycles. The highest BCUT2D eigenvalue weighted by atomic mass is 16.2. The van der Waals surface area contributed by atoms with Crippen LogP contribution in [-0.4, -0.2) is 26.3 Å². The van der Waals surface area contributed by atoms with Gasteiger partial charge < -0.3 is 5.32 Å². The summed E-state index contributed by atoms with van der Waals surface area (Å²) < 4.78 is 2.83. The van der Waals surface area contributed by atoms with Crippen molar-refractivity contribution in [2.24, 2.45) is 0 Å². The molecule has 27 heavy (non-hydrogen) atoms. The molecular formula is C21H22N4O2. The fraction of sp³-hybridized carbons (Fsp3) is 0.286. The molecular weight excluding hydrogens is 340 g/mol. The molecule has 138 valence electrons. The van der Waals surface area contributed by atoms with E-state index in [-0.39, 0.29) is 24.2 Å². The zero-order valence-electron chi connectivity index (χ0n) is 15.2. The largest absolute Gasteiger partial charge is 0.351 e. The lowest BCUT2D eigenvalue weighted by Gasteiger charge is -2.05. The molecule has 1 amide bonds. The minimum atomic E-state index is -0.262. The zero-order chi connectivity index (χ0) is 18.8. The average Bonchev–Trinajstić information content (AvgIpc) is 3.40. The van der Waals surface area contributed by atoms with Crippen LogP contribution in [0, 0.1) is 6.92 Å². The van der Waals surface area contributed by atoms with E-state index in [1.807, 2.05) is 48.5 Å². The molecule has 4 rings (SSSR count). The molecule has 1 aromatic heterocycles. The molecule has 0 radical (unpaired) electrons. The summed E-state index contributed by atoms with van der Waals surface area (Å²) in [6.45, 7) is 2.18. The molecule has 0 saturated heterocycles. The van der Waals surface area contributed by atoms with Crippen LogP contribution >= 0.6 is 0 Å². The van der Waals surface area contributed by atoms with Gasteiger partial charge in [0.15, 0.2) is 0 Å². The average molecular weight is 362 g/mol. The topological polar surface area (TPSA) is 68.9 Å². The second kappa shape index (κ2) is 7.23. The minimum Gasteiger partial charge on any atom is -0.351 e. The Balaban J connectivity index is 1.39. The van der Waals surface area contributed by atoms with Crippen molar-refractivity contribution in [1.82, 2.24) is 19.7 Å². The number of amides is 1. The summed E-state index contributed by atoms with van der Waals surface area (Å²) in [6.07, 6.45) is 0.937. The molecule has 1 aliphatic rings. The number of nitrogens with one attached hydrogen (secondary N) is 1. The molecule has 2 unspecified atom stereocenters. The van der Waals surface area contributed by atoms with E-state index in [2.05, 4.69) is 22.5 Å². The van der Waals surface area contributed by atoms with E-state index in [1.54, 1.807) is 11.5 Å². The number of carbonyl (C=O) groups excluding carboxylic acids is 1. The standard InChI is InChI=1S/C21H22N4O2/c1-15-23-25(21(27)24(15)13-16-8-4-2-5-9-16)14-20(26)22-19-12-18(19)17-10-6-3-7-11-17/h2-11,18-19H,12-14H2,1H3,(H,22,26). The molecule has 0 bridgehead atoms. The van der Waals surface area contributed by atoms with Crippen molar-refractivity contribution in [2.75, 3.05) is 0 Å². The number of hydrogen-bond acceptors (Lipinski definition) is 3. The van der Waals surface area contributed by atoms with Gasteiger partial charge in [-0.05, 0) is 24.5 Å². The third-order valence-electron chi connectivity index (χ3n) is 4.95. The minimum absolute atomic E-state index is 0.0561. The first-order chi connectivity index (χ1) is 13.1. The maximum atomic E-state index is 12.6. The molecule has 2 aromatic carbocycles. The number of nitrogens with zero attached hydrogens (tertiary/aromatic N) is 3. The van der Waals surface area contributed by atoms with Crippen LogP contribution in [0.5, 0.6) is 0 Å². The van der Waals surface area contributed by atoms with Crippen LogP contribution in [0.2, 0.25) is 0 Å². The second-order valence-electron chi connectivity index (χ2n) is 6.99. The molecule has 6 heteroatoms. The van der Waals surface area contributed by atoms with Gasteiger partial charge in [0.1, 0.15) is 12.4 Å². The number of hydrogen-bond donors (Lipinski definition) is 1. The van der Waals surface area contributed by atoms with Crippen LogP contribution in [0.25, 0.3) is 0 Å². The van der Waals surface area contributed by atoms with E-state index in [0.29, 0.717) is 18.3 Å². The van der Waals surface area contributed by atoms with Gasteiger partial charge in [0.2, 0.25) is 5.91 Å². The highest BCUT2D eigenvalue weighted by Crippen LogP contribution is 2.40. The van der Waals surface area contributed by atoms with Crippen molar-refractivity contribution in [1.29, 1.82) is 0 Å². The van der Waals surface area contributed by atoms with E-state index >= 15 is 0 Å². The summed E-state index contributed by atoms with van der Waals surface area (Å²) in [5, 5.41) is 7.27. The number of aryl methyl sites for hydroxylation is 1. The van der Waals surface area contributed by atoms with Crippen molar-refractivity contribution in [2.45, 2.75) is 38.4 Å². The molecule has 1 saturated carbocycles. The Bertz CT molecular complexity index is 992. The summed E-state index contributed by atoms with van der Waals surface area (Å²) in [5.74, 6) is 0.791. The number of rotatable bonds is 6. The first kappa shape index (κ1) is 17.3. The van der Waals surface area contributed by atoms with E-state index in [4.69, 9.17) is 0 Å². The Morgan fingerprint density at radius 2 is 1.78 bits per heavy atom. The lowest BCUT2D eigenvalue weighted by Crippen LogP contribution is -2.35. The molecule has 0 aliphatic heterocycles. The number of aromatic nitrogens is 3. The van der Waals surface area contributed by atoms with Gasteiger partial charge in [-0.2, -0.15) is 5.10 Å². The fourth-order valence-corrected chi connectivity index (χ4v) is 3.41. The first-order valence-corrected chi connectivity index (χ1v) is 9.14. The summed E-state index contributed by atoms with van der Waals surface area (Å²) in [6, 6.07) is 20.0. The van der Waals surface area contributed by atoms with Gasteiger partial charge in [-0.3, -0.25) is 9.36 Å². The van der Waals surface area contributed by atoms with E-state index < -0.39 is 0 Å². The molecule has 1 fully saturated rings. The van der Waals surface area contributed by atoms with Crippen molar-refractivity contribution in [3.8, 4) is 0 Å². The second-order valence-corrected chi connectivity index (χ2v) is 6.99. The summed E-state index contributed by atoms with van der Waals surface area (Å²) in [4.78, 5) is 25.0. The molecule has 6 nitrogen and oxygen atoms in total. The van der Waals surface area contributed by atoms with Gasteiger partial charge in [0.05, 0.1) is 6.54 Å². The summed E-state index contributed by atoms with van der Waals surface area (Å²) in [5.41, 5.74) is 2.00.